The van der Waals surface area contributed by atoms with E-state index < -0.39 is 0 Å². The summed E-state index contributed by atoms with van der Waals surface area (Å²) in [5, 5.41) is 1.89. The van der Waals surface area contributed by atoms with Crippen LogP contribution in [0.4, 0.5) is 0 Å². The van der Waals surface area contributed by atoms with Crippen LogP contribution in [-0.2, 0) is 0 Å². The maximum atomic E-state index is 6.66. The van der Waals surface area contributed by atoms with E-state index in [1.54, 1.807) is 18.6 Å². The number of imidazole rings is 1. The number of benzene rings is 3. The van der Waals surface area contributed by atoms with Crippen LogP contribution in [0.5, 0.6) is 0 Å². The summed E-state index contributed by atoms with van der Waals surface area (Å²) in [4.78, 5) is 7.57. The highest BCUT2D eigenvalue weighted by Gasteiger charge is 2.24. The molecule has 2 aromatic heterocycles. The lowest BCUT2D eigenvalue weighted by molar-refractivity contribution is 0.679. The molecule has 3 nitrogen and oxygen atoms in total. The molecular formula is C26H18Cl3N3. The number of nitrogens with one attached hydrogen (secondary N) is 1. The van der Waals surface area contributed by atoms with E-state index in [4.69, 9.17) is 34.8 Å². The number of aromatic nitrogens is 3. The zero-order chi connectivity index (χ0) is 22.1. The maximum Gasteiger partial charge on any atom is 0.0954 e. The third-order valence-electron chi connectivity index (χ3n) is 5.51. The number of halogens is 3. The van der Waals surface area contributed by atoms with Gasteiger partial charge in [-0.15, -0.1) is 0 Å². The van der Waals surface area contributed by atoms with E-state index >= 15 is 0 Å². The summed E-state index contributed by atoms with van der Waals surface area (Å²) < 4.78 is 2.04. The maximum absolute atomic E-state index is 6.66. The minimum absolute atomic E-state index is 0.192. The number of hydrogen-bond donors (Lipinski definition) is 1. The van der Waals surface area contributed by atoms with Crippen LogP contribution >= 0.6 is 34.8 Å². The van der Waals surface area contributed by atoms with Crippen molar-refractivity contribution in [3.63, 3.8) is 0 Å². The summed E-state index contributed by atoms with van der Waals surface area (Å²) in [6, 6.07) is 21.6. The largest absolute Gasteiger partial charge is 0.367 e. The molecule has 5 aromatic rings. The predicted octanol–water partition coefficient (Wildman–Crippen LogP) is 8.14. The van der Waals surface area contributed by atoms with Crippen molar-refractivity contribution < 1.29 is 0 Å². The SMILES string of the molecule is Clc1ccc(C(c2c[nH]cc2-c2ccc(Cl)cc2-c2ccccc2)n2ccnc2)c(Cl)c1. The quantitative estimate of drug-likeness (QED) is 0.272. The third kappa shape index (κ3) is 3.95. The molecule has 5 rings (SSSR count). The molecule has 0 fully saturated rings. The molecule has 158 valence electrons. The van der Waals surface area contributed by atoms with Gasteiger partial charge in [0.05, 0.1) is 12.4 Å². The summed E-state index contributed by atoms with van der Waals surface area (Å²) >= 11 is 19.2. The molecule has 0 saturated carbocycles. The molecule has 0 saturated heterocycles. The molecule has 1 atom stereocenters. The van der Waals surface area contributed by atoms with E-state index in [0.717, 1.165) is 33.4 Å². The monoisotopic (exact) mass is 477 g/mol. The Morgan fingerprint density at radius 3 is 2.28 bits per heavy atom. The second-order valence-electron chi connectivity index (χ2n) is 7.46. The van der Waals surface area contributed by atoms with E-state index in [9.17, 15) is 0 Å². The van der Waals surface area contributed by atoms with Gasteiger partial charge in [0.1, 0.15) is 0 Å². The smallest absolute Gasteiger partial charge is 0.0954 e. The van der Waals surface area contributed by atoms with E-state index in [-0.39, 0.29) is 6.04 Å². The molecule has 6 heteroatoms. The Balaban J connectivity index is 1.72. The lowest BCUT2D eigenvalue weighted by atomic mass is 9.90. The van der Waals surface area contributed by atoms with Gasteiger partial charge < -0.3 is 9.55 Å². The number of aromatic amines is 1. The minimum Gasteiger partial charge on any atom is -0.367 e. The molecule has 2 heterocycles. The first-order valence-electron chi connectivity index (χ1n) is 10.1. The van der Waals surface area contributed by atoms with Crippen LogP contribution in [0.2, 0.25) is 15.1 Å². The summed E-state index contributed by atoms with van der Waals surface area (Å²) in [6.07, 6.45) is 9.52. The van der Waals surface area contributed by atoms with Gasteiger partial charge in [-0.25, -0.2) is 4.98 Å². The van der Waals surface area contributed by atoms with E-state index in [1.165, 1.54) is 0 Å². The lowest BCUT2D eigenvalue weighted by Crippen LogP contribution is -2.11. The van der Waals surface area contributed by atoms with Crippen molar-refractivity contribution in [1.82, 2.24) is 14.5 Å². The van der Waals surface area contributed by atoms with Gasteiger partial charge in [0.15, 0.2) is 0 Å². The first kappa shape index (κ1) is 20.9. The Hall–Kier alpha value is -2.98. The molecule has 0 aliphatic carbocycles. The second-order valence-corrected chi connectivity index (χ2v) is 8.74. The highest BCUT2D eigenvalue weighted by atomic mass is 35.5. The Bertz CT molecular complexity index is 1360. The summed E-state index contributed by atoms with van der Waals surface area (Å²) in [6.45, 7) is 0. The molecule has 1 unspecified atom stereocenters. The Labute approximate surface area is 201 Å². The van der Waals surface area contributed by atoms with Crippen LogP contribution in [0.15, 0.2) is 97.8 Å². The normalized spacial score (nSPS) is 12.1. The number of hydrogen-bond acceptors (Lipinski definition) is 1. The fourth-order valence-electron chi connectivity index (χ4n) is 4.08. The van der Waals surface area contributed by atoms with E-state index in [2.05, 4.69) is 28.2 Å². The van der Waals surface area contributed by atoms with Gasteiger partial charge in [-0.3, -0.25) is 0 Å². The van der Waals surface area contributed by atoms with Crippen LogP contribution in [0, 0.1) is 0 Å². The predicted molar refractivity (Wildman–Crippen MR) is 133 cm³/mol. The zero-order valence-corrected chi connectivity index (χ0v) is 19.1. The van der Waals surface area contributed by atoms with E-state index in [0.29, 0.717) is 15.1 Å². The summed E-state index contributed by atoms with van der Waals surface area (Å²) in [5.41, 5.74) is 6.29. The van der Waals surface area contributed by atoms with Gasteiger partial charge in [-0.2, -0.15) is 0 Å². The first-order valence-corrected chi connectivity index (χ1v) is 11.2. The molecule has 0 amide bonds. The van der Waals surface area contributed by atoms with E-state index in [1.807, 2.05) is 65.6 Å². The second kappa shape index (κ2) is 8.87. The summed E-state index contributed by atoms with van der Waals surface area (Å²) in [7, 11) is 0. The molecule has 0 spiro atoms. The van der Waals surface area contributed by atoms with Crippen LogP contribution in [0.1, 0.15) is 17.2 Å². The highest BCUT2D eigenvalue weighted by molar-refractivity contribution is 6.35. The Kier molecular flexibility index (Phi) is 5.79. The first-order chi connectivity index (χ1) is 15.6. The van der Waals surface area contributed by atoms with Crippen molar-refractivity contribution in [2.45, 2.75) is 6.04 Å². The Morgan fingerprint density at radius 1 is 0.750 bits per heavy atom. The fraction of sp³-hybridized carbons (Fsp3) is 0.0385. The lowest BCUT2D eigenvalue weighted by Gasteiger charge is -2.22. The topological polar surface area (TPSA) is 33.6 Å². The Morgan fingerprint density at radius 2 is 1.53 bits per heavy atom. The van der Waals surface area contributed by atoms with Crippen molar-refractivity contribution in [3.05, 3.63) is 124 Å². The molecular weight excluding hydrogens is 461 g/mol. The molecule has 0 aliphatic heterocycles. The molecule has 32 heavy (non-hydrogen) atoms. The molecule has 1 N–H and O–H groups in total. The average Bonchev–Trinajstić information content (AvgIpc) is 3.49. The highest BCUT2D eigenvalue weighted by Crippen LogP contribution is 2.41. The number of rotatable bonds is 5. The van der Waals surface area contributed by atoms with Crippen LogP contribution < -0.4 is 0 Å². The van der Waals surface area contributed by atoms with Gasteiger partial charge in [-0.1, -0.05) is 77.3 Å². The zero-order valence-electron chi connectivity index (χ0n) is 16.8. The van der Waals surface area contributed by atoms with Crippen molar-refractivity contribution in [2.75, 3.05) is 0 Å². The van der Waals surface area contributed by atoms with Gasteiger partial charge >= 0.3 is 0 Å². The molecule has 0 radical (unpaired) electrons. The van der Waals surface area contributed by atoms with Crippen molar-refractivity contribution >= 4 is 34.8 Å². The summed E-state index contributed by atoms with van der Waals surface area (Å²) in [5.74, 6) is 0. The van der Waals surface area contributed by atoms with Gasteiger partial charge in [0.25, 0.3) is 0 Å². The molecule has 0 bridgehead atoms. The van der Waals surface area contributed by atoms with Crippen molar-refractivity contribution in [2.24, 2.45) is 0 Å². The fourth-order valence-corrected chi connectivity index (χ4v) is 4.76. The standard InChI is InChI=1S/C26H18Cl3N3/c27-18-6-8-20(22(12-18)17-4-2-1-3-5-17)23-14-31-15-24(23)26(32-11-10-30-16-32)21-9-7-19(28)13-25(21)29/h1-16,26,31H. The third-order valence-corrected chi connectivity index (χ3v) is 6.31. The van der Waals surface area contributed by atoms with Gasteiger partial charge in [-0.05, 0) is 46.5 Å². The van der Waals surface area contributed by atoms with Crippen LogP contribution in [0.3, 0.4) is 0 Å². The number of nitrogens with zero attached hydrogens (tertiary/aromatic N) is 2. The van der Waals surface area contributed by atoms with Crippen molar-refractivity contribution in [3.8, 4) is 22.3 Å². The molecule has 0 aliphatic rings. The van der Waals surface area contributed by atoms with Crippen molar-refractivity contribution in [1.29, 1.82) is 0 Å². The average molecular weight is 479 g/mol. The van der Waals surface area contributed by atoms with Gasteiger partial charge in [0.2, 0.25) is 0 Å². The number of H-pyrrole nitrogens is 1. The van der Waals surface area contributed by atoms with Crippen LogP contribution in [0.25, 0.3) is 22.3 Å². The molecule has 3 aromatic carbocycles. The van der Waals surface area contributed by atoms with Gasteiger partial charge in [0, 0.05) is 51.0 Å². The minimum atomic E-state index is -0.192. The van der Waals surface area contributed by atoms with Crippen LogP contribution in [-0.4, -0.2) is 14.5 Å².